The number of rotatable bonds is 4. The Kier molecular flexibility index (Phi) is 4.22. The summed E-state index contributed by atoms with van der Waals surface area (Å²) in [6.45, 7) is -0.0558. The van der Waals surface area contributed by atoms with Gasteiger partial charge in [-0.2, -0.15) is 5.10 Å². The van der Waals surface area contributed by atoms with Crippen LogP contribution in [-0.2, 0) is 16.6 Å². The number of carbonyl (C=O) groups is 2. The van der Waals surface area contributed by atoms with Crippen molar-refractivity contribution in [2.24, 2.45) is 12.8 Å². The van der Waals surface area contributed by atoms with Crippen molar-refractivity contribution in [2.75, 3.05) is 20.6 Å². The second-order valence-electron chi connectivity index (χ2n) is 3.93. The van der Waals surface area contributed by atoms with Crippen LogP contribution in [0.2, 0.25) is 0 Å². The van der Waals surface area contributed by atoms with Gasteiger partial charge in [0.1, 0.15) is 6.04 Å². The highest BCUT2D eigenvalue weighted by Crippen LogP contribution is 2.07. The molecule has 1 atom stereocenters. The van der Waals surface area contributed by atoms with E-state index in [-0.39, 0.29) is 12.5 Å². The van der Waals surface area contributed by atoms with Crippen LogP contribution in [0.1, 0.15) is 11.6 Å². The van der Waals surface area contributed by atoms with Gasteiger partial charge in [-0.15, -0.1) is 0 Å². The van der Waals surface area contributed by atoms with Gasteiger partial charge in [0, 0.05) is 32.9 Å². The van der Waals surface area contributed by atoms with Crippen molar-refractivity contribution in [2.45, 2.75) is 6.04 Å². The van der Waals surface area contributed by atoms with E-state index in [1.807, 2.05) is 0 Å². The van der Waals surface area contributed by atoms with Crippen molar-refractivity contribution in [3.05, 3.63) is 18.0 Å². The minimum Gasteiger partial charge on any atom is -0.347 e. The first-order chi connectivity index (χ1) is 7.91. The summed E-state index contributed by atoms with van der Waals surface area (Å²) in [4.78, 5) is 24.3. The molecule has 7 heteroatoms. The van der Waals surface area contributed by atoms with Gasteiger partial charge in [0.25, 0.3) is 0 Å². The molecule has 1 unspecified atom stereocenters. The number of carbonyl (C=O) groups excluding carboxylic acids is 2. The number of nitrogens with two attached hydrogens (primary N) is 1. The molecule has 0 aliphatic rings. The molecule has 0 fully saturated rings. The second-order valence-corrected chi connectivity index (χ2v) is 3.93. The van der Waals surface area contributed by atoms with E-state index < -0.39 is 11.9 Å². The predicted molar refractivity (Wildman–Crippen MR) is 61.8 cm³/mol. The first-order valence-electron chi connectivity index (χ1n) is 5.14. The van der Waals surface area contributed by atoms with Gasteiger partial charge in [-0.05, 0) is 0 Å². The van der Waals surface area contributed by atoms with Crippen LogP contribution in [0.25, 0.3) is 0 Å². The molecule has 2 amide bonds. The predicted octanol–water partition coefficient (Wildman–Crippen LogP) is -1.38. The first kappa shape index (κ1) is 13.2. The summed E-state index contributed by atoms with van der Waals surface area (Å²) in [5, 5.41) is 6.40. The molecular formula is C10H17N5O2. The lowest BCUT2D eigenvalue weighted by atomic mass is 10.1. The molecule has 0 aliphatic heterocycles. The number of aromatic nitrogens is 2. The van der Waals surface area contributed by atoms with Gasteiger partial charge in [-0.3, -0.25) is 14.3 Å². The molecule has 1 aromatic heterocycles. The molecule has 0 aromatic carbocycles. The molecule has 3 N–H and O–H groups in total. The minimum atomic E-state index is -0.807. The summed E-state index contributed by atoms with van der Waals surface area (Å²) in [6.07, 6.45) is 3.19. The zero-order chi connectivity index (χ0) is 13.0. The summed E-state index contributed by atoms with van der Waals surface area (Å²) in [5.41, 5.74) is 6.34. The third kappa shape index (κ3) is 3.56. The molecule has 0 spiro atoms. The maximum Gasteiger partial charge on any atom is 0.242 e. The fraction of sp³-hybridized carbons (Fsp3) is 0.500. The molecule has 0 saturated carbocycles. The molecule has 0 saturated heterocycles. The van der Waals surface area contributed by atoms with Gasteiger partial charge in [0.2, 0.25) is 11.8 Å². The average Bonchev–Trinajstić information content (AvgIpc) is 2.70. The number of hydrogen-bond acceptors (Lipinski definition) is 4. The van der Waals surface area contributed by atoms with Gasteiger partial charge >= 0.3 is 0 Å². The lowest BCUT2D eigenvalue weighted by molar-refractivity contribution is -0.131. The maximum absolute atomic E-state index is 11.6. The van der Waals surface area contributed by atoms with Crippen LogP contribution < -0.4 is 11.1 Å². The highest BCUT2D eigenvalue weighted by atomic mass is 16.2. The van der Waals surface area contributed by atoms with Gasteiger partial charge < -0.3 is 16.0 Å². The lowest BCUT2D eigenvalue weighted by Gasteiger charge is -2.13. The monoisotopic (exact) mass is 239 g/mol. The Hall–Kier alpha value is -1.89. The molecule has 0 aliphatic carbocycles. The molecule has 7 nitrogen and oxygen atoms in total. The Balaban J connectivity index is 2.51. The van der Waals surface area contributed by atoms with Crippen LogP contribution in [0, 0.1) is 0 Å². The number of likely N-dealkylation sites (N-methyl/N-ethyl adjacent to an activating group) is 1. The minimum absolute atomic E-state index is 0.0558. The van der Waals surface area contributed by atoms with E-state index in [1.54, 1.807) is 32.0 Å². The second kappa shape index (κ2) is 5.44. The zero-order valence-corrected chi connectivity index (χ0v) is 10.2. The third-order valence-electron chi connectivity index (χ3n) is 2.28. The van der Waals surface area contributed by atoms with E-state index in [4.69, 9.17) is 5.73 Å². The number of hydrogen-bond donors (Lipinski definition) is 2. The number of amides is 2. The Labute approximate surface area is 99.6 Å². The van der Waals surface area contributed by atoms with E-state index in [0.717, 1.165) is 0 Å². The van der Waals surface area contributed by atoms with E-state index in [2.05, 4.69) is 10.4 Å². The molecule has 1 heterocycles. The standard InChI is InChI=1S/C10H17N5O2/c1-14(2)8(16)5-12-10(17)9(11)7-4-13-15(3)6-7/h4,6,9H,5,11H2,1-3H3,(H,12,17). The number of nitrogens with zero attached hydrogens (tertiary/aromatic N) is 3. The number of nitrogens with one attached hydrogen (secondary N) is 1. The molecule has 0 radical (unpaired) electrons. The van der Waals surface area contributed by atoms with E-state index in [9.17, 15) is 9.59 Å². The van der Waals surface area contributed by atoms with Crippen LogP contribution in [0.5, 0.6) is 0 Å². The van der Waals surface area contributed by atoms with Gasteiger partial charge in [0.15, 0.2) is 0 Å². The highest BCUT2D eigenvalue weighted by Gasteiger charge is 2.18. The van der Waals surface area contributed by atoms with Crippen molar-refractivity contribution >= 4 is 11.8 Å². The molecular weight excluding hydrogens is 222 g/mol. The summed E-state index contributed by atoms with van der Waals surface area (Å²) in [5.74, 6) is -0.579. The summed E-state index contributed by atoms with van der Waals surface area (Å²) in [7, 11) is 4.98. The molecule has 94 valence electrons. The largest absolute Gasteiger partial charge is 0.347 e. The Morgan fingerprint density at radius 3 is 2.71 bits per heavy atom. The molecule has 0 bridgehead atoms. The zero-order valence-electron chi connectivity index (χ0n) is 10.2. The summed E-state index contributed by atoms with van der Waals surface area (Å²) in [6, 6.07) is -0.807. The van der Waals surface area contributed by atoms with E-state index in [0.29, 0.717) is 5.56 Å². The van der Waals surface area contributed by atoms with Gasteiger partial charge in [-0.25, -0.2) is 0 Å². The molecule has 1 aromatic rings. The SMILES string of the molecule is CN(C)C(=O)CNC(=O)C(N)c1cnn(C)c1. The molecule has 1 rings (SSSR count). The number of aryl methyl sites for hydroxylation is 1. The van der Waals surface area contributed by atoms with Gasteiger partial charge in [0.05, 0.1) is 12.7 Å². The van der Waals surface area contributed by atoms with Crippen LogP contribution in [0.3, 0.4) is 0 Å². The van der Waals surface area contributed by atoms with Crippen molar-refractivity contribution in [3.63, 3.8) is 0 Å². The summed E-state index contributed by atoms with van der Waals surface area (Å²) >= 11 is 0. The highest BCUT2D eigenvalue weighted by molar-refractivity contribution is 5.87. The normalized spacial score (nSPS) is 12.0. The first-order valence-corrected chi connectivity index (χ1v) is 5.14. The Morgan fingerprint density at radius 1 is 1.59 bits per heavy atom. The lowest BCUT2D eigenvalue weighted by Crippen LogP contribution is -2.40. The van der Waals surface area contributed by atoms with Crippen LogP contribution in [0.4, 0.5) is 0 Å². The fourth-order valence-corrected chi connectivity index (χ4v) is 1.18. The smallest absolute Gasteiger partial charge is 0.242 e. The topological polar surface area (TPSA) is 93.2 Å². The van der Waals surface area contributed by atoms with E-state index >= 15 is 0 Å². The third-order valence-corrected chi connectivity index (χ3v) is 2.28. The van der Waals surface area contributed by atoms with Crippen LogP contribution in [-0.4, -0.2) is 47.1 Å². The van der Waals surface area contributed by atoms with Crippen LogP contribution >= 0.6 is 0 Å². The fourth-order valence-electron chi connectivity index (χ4n) is 1.18. The Morgan fingerprint density at radius 2 is 2.24 bits per heavy atom. The van der Waals surface area contributed by atoms with E-state index in [1.165, 1.54) is 11.1 Å². The summed E-state index contributed by atoms with van der Waals surface area (Å²) < 4.78 is 1.56. The quantitative estimate of drug-likeness (QED) is 0.677. The molecule has 17 heavy (non-hydrogen) atoms. The van der Waals surface area contributed by atoms with Crippen molar-refractivity contribution in [1.82, 2.24) is 20.0 Å². The van der Waals surface area contributed by atoms with Gasteiger partial charge in [-0.1, -0.05) is 0 Å². The van der Waals surface area contributed by atoms with Crippen molar-refractivity contribution < 1.29 is 9.59 Å². The average molecular weight is 239 g/mol. The van der Waals surface area contributed by atoms with Crippen molar-refractivity contribution in [1.29, 1.82) is 0 Å². The Bertz CT molecular complexity index is 413. The van der Waals surface area contributed by atoms with Crippen LogP contribution in [0.15, 0.2) is 12.4 Å². The maximum atomic E-state index is 11.6. The van der Waals surface area contributed by atoms with Crippen molar-refractivity contribution in [3.8, 4) is 0 Å².